The van der Waals surface area contributed by atoms with Crippen molar-refractivity contribution in [1.29, 1.82) is 0 Å². The maximum absolute atomic E-state index is 12.8. The molecule has 136 valence electrons. The summed E-state index contributed by atoms with van der Waals surface area (Å²) in [6.45, 7) is 4.33. The highest BCUT2D eigenvalue weighted by atomic mass is 32.2. The molecule has 2 aromatic carbocycles. The van der Waals surface area contributed by atoms with Crippen molar-refractivity contribution in [3.8, 4) is 0 Å². The van der Waals surface area contributed by atoms with E-state index in [1.807, 2.05) is 30.0 Å². The van der Waals surface area contributed by atoms with Crippen LogP contribution in [-0.2, 0) is 21.2 Å². The van der Waals surface area contributed by atoms with Crippen molar-refractivity contribution >= 4 is 27.3 Å². The molecule has 1 heterocycles. The van der Waals surface area contributed by atoms with Gasteiger partial charge in [0, 0.05) is 18.2 Å². The Balaban J connectivity index is 1.64. The molecule has 1 fully saturated rings. The minimum absolute atomic E-state index is 0.149. The Labute approximate surface area is 154 Å². The highest BCUT2D eigenvalue weighted by Crippen LogP contribution is 2.37. The number of aryl methyl sites for hydroxylation is 2. The number of nitrogens with one attached hydrogen (secondary N) is 1. The van der Waals surface area contributed by atoms with E-state index >= 15 is 0 Å². The Hall–Kier alpha value is -2.34. The molecule has 1 amide bonds. The predicted molar refractivity (Wildman–Crippen MR) is 102 cm³/mol. The smallest absolute Gasteiger partial charge is 0.262 e. The average molecular weight is 370 g/mol. The number of fused-ring (bicyclic) bond motifs is 1. The third kappa shape index (κ3) is 3.09. The second-order valence-electron chi connectivity index (χ2n) is 7.23. The quantitative estimate of drug-likeness (QED) is 0.897. The largest absolute Gasteiger partial charge is 0.312 e. The number of amides is 1. The summed E-state index contributed by atoms with van der Waals surface area (Å²) >= 11 is 0. The molecule has 0 unspecified atom stereocenters. The molecule has 0 radical (unpaired) electrons. The first-order valence-corrected chi connectivity index (χ1v) is 10.4. The molecule has 0 aromatic heterocycles. The number of hydrogen-bond acceptors (Lipinski definition) is 3. The Morgan fingerprint density at radius 3 is 2.62 bits per heavy atom. The Bertz CT molecular complexity index is 994. The van der Waals surface area contributed by atoms with Crippen molar-refractivity contribution < 1.29 is 13.2 Å². The number of sulfonamides is 1. The number of benzene rings is 2. The Morgan fingerprint density at radius 2 is 1.88 bits per heavy atom. The molecule has 0 atom stereocenters. The first-order valence-electron chi connectivity index (χ1n) is 8.89. The summed E-state index contributed by atoms with van der Waals surface area (Å²) in [5.74, 6) is 0.314. The molecule has 1 aliphatic heterocycles. The van der Waals surface area contributed by atoms with Crippen LogP contribution in [0, 0.1) is 19.8 Å². The zero-order valence-corrected chi connectivity index (χ0v) is 15.8. The van der Waals surface area contributed by atoms with Crippen molar-refractivity contribution in [1.82, 2.24) is 0 Å². The van der Waals surface area contributed by atoms with E-state index in [0.717, 1.165) is 36.1 Å². The maximum Gasteiger partial charge on any atom is 0.262 e. The number of hydrogen-bond donors (Lipinski definition) is 1. The van der Waals surface area contributed by atoms with Crippen molar-refractivity contribution in [3.63, 3.8) is 0 Å². The number of carbonyl (C=O) groups is 1. The van der Waals surface area contributed by atoms with Crippen LogP contribution >= 0.6 is 0 Å². The van der Waals surface area contributed by atoms with Crippen molar-refractivity contribution in [3.05, 3.63) is 53.1 Å². The van der Waals surface area contributed by atoms with E-state index < -0.39 is 10.0 Å². The van der Waals surface area contributed by atoms with E-state index in [-0.39, 0.29) is 16.7 Å². The number of carbonyl (C=O) groups excluding carboxylic acids is 1. The fraction of sp³-hybridized carbons (Fsp3) is 0.350. The zero-order valence-electron chi connectivity index (χ0n) is 15.0. The lowest BCUT2D eigenvalue weighted by atomic mass is 10.1. The number of nitrogens with zero attached hydrogens (tertiary/aromatic N) is 1. The summed E-state index contributed by atoms with van der Waals surface area (Å²) in [6.07, 6.45) is 2.74. The van der Waals surface area contributed by atoms with Gasteiger partial charge >= 0.3 is 0 Å². The molecule has 1 N–H and O–H groups in total. The molecule has 0 saturated heterocycles. The van der Waals surface area contributed by atoms with Gasteiger partial charge in [-0.05, 0) is 68.0 Å². The zero-order chi connectivity index (χ0) is 18.5. The topological polar surface area (TPSA) is 66.5 Å². The Morgan fingerprint density at radius 1 is 1.12 bits per heavy atom. The molecule has 2 aromatic rings. The van der Waals surface area contributed by atoms with Crippen molar-refractivity contribution in [2.24, 2.45) is 5.92 Å². The van der Waals surface area contributed by atoms with E-state index in [1.165, 1.54) is 0 Å². The van der Waals surface area contributed by atoms with Crippen LogP contribution in [0.15, 0.2) is 41.3 Å². The fourth-order valence-corrected chi connectivity index (χ4v) is 4.81. The van der Waals surface area contributed by atoms with Crippen LogP contribution in [0.3, 0.4) is 0 Å². The lowest BCUT2D eigenvalue weighted by Crippen LogP contribution is -2.30. The van der Waals surface area contributed by atoms with Gasteiger partial charge in [0.05, 0.1) is 10.6 Å². The number of rotatable bonds is 4. The van der Waals surface area contributed by atoms with Gasteiger partial charge in [-0.3, -0.25) is 9.52 Å². The number of anilines is 2. The van der Waals surface area contributed by atoms with Crippen LogP contribution in [0.2, 0.25) is 0 Å². The third-order valence-corrected chi connectivity index (χ3v) is 6.58. The normalized spacial score (nSPS) is 16.5. The van der Waals surface area contributed by atoms with Crippen LogP contribution in [0.5, 0.6) is 0 Å². The van der Waals surface area contributed by atoms with Crippen molar-refractivity contribution in [2.75, 3.05) is 16.2 Å². The summed E-state index contributed by atoms with van der Waals surface area (Å²) in [6, 6.07) is 10.8. The summed E-state index contributed by atoms with van der Waals surface area (Å²) in [5.41, 5.74) is 4.01. The molecule has 0 spiro atoms. The van der Waals surface area contributed by atoms with Gasteiger partial charge in [0.25, 0.3) is 10.0 Å². The van der Waals surface area contributed by atoms with E-state index in [2.05, 4.69) is 4.72 Å². The van der Waals surface area contributed by atoms with Gasteiger partial charge in [0.1, 0.15) is 0 Å². The summed E-state index contributed by atoms with van der Waals surface area (Å²) in [7, 11) is -3.68. The molecular weight excluding hydrogens is 348 g/mol. The maximum atomic E-state index is 12.8. The second kappa shape index (κ2) is 6.13. The van der Waals surface area contributed by atoms with Gasteiger partial charge in [-0.1, -0.05) is 18.2 Å². The molecule has 4 rings (SSSR count). The minimum atomic E-state index is -3.68. The van der Waals surface area contributed by atoms with Crippen molar-refractivity contribution in [2.45, 2.75) is 38.0 Å². The molecule has 5 nitrogen and oxygen atoms in total. The van der Waals surface area contributed by atoms with Crippen LogP contribution in [0.4, 0.5) is 11.4 Å². The molecule has 2 aliphatic rings. The Kier molecular flexibility index (Phi) is 4.03. The summed E-state index contributed by atoms with van der Waals surface area (Å²) in [5, 5.41) is 0. The van der Waals surface area contributed by atoms with E-state index in [0.29, 0.717) is 17.8 Å². The highest BCUT2D eigenvalue weighted by Gasteiger charge is 2.36. The lowest BCUT2D eigenvalue weighted by Gasteiger charge is -2.18. The minimum Gasteiger partial charge on any atom is -0.312 e. The summed E-state index contributed by atoms with van der Waals surface area (Å²) in [4.78, 5) is 14.5. The molecule has 26 heavy (non-hydrogen) atoms. The lowest BCUT2D eigenvalue weighted by molar-refractivity contribution is -0.119. The predicted octanol–water partition coefficient (Wildman–Crippen LogP) is 3.40. The monoisotopic (exact) mass is 370 g/mol. The molecular formula is C20H22N2O3S. The van der Waals surface area contributed by atoms with Gasteiger partial charge < -0.3 is 4.90 Å². The van der Waals surface area contributed by atoms with Gasteiger partial charge in [-0.2, -0.15) is 0 Å². The van der Waals surface area contributed by atoms with E-state index in [9.17, 15) is 13.2 Å². The van der Waals surface area contributed by atoms with Gasteiger partial charge in [-0.15, -0.1) is 0 Å². The second-order valence-corrected chi connectivity index (χ2v) is 8.88. The van der Waals surface area contributed by atoms with Gasteiger partial charge in [-0.25, -0.2) is 8.42 Å². The van der Waals surface area contributed by atoms with Crippen LogP contribution < -0.4 is 9.62 Å². The van der Waals surface area contributed by atoms with Gasteiger partial charge in [0.2, 0.25) is 5.91 Å². The first-order chi connectivity index (χ1) is 12.3. The van der Waals surface area contributed by atoms with Crippen LogP contribution in [0.25, 0.3) is 0 Å². The highest BCUT2D eigenvalue weighted by molar-refractivity contribution is 7.92. The molecule has 1 saturated carbocycles. The average Bonchev–Trinajstić information content (AvgIpc) is 3.36. The fourth-order valence-electron chi connectivity index (χ4n) is 3.43. The first kappa shape index (κ1) is 17.1. The SMILES string of the molecule is Cc1ccc(C)c(S(=O)(=O)Nc2ccc3c(c2)N(C(=O)C2CC2)CC3)c1. The van der Waals surface area contributed by atoms with E-state index in [4.69, 9.17) is 0 Å². The van der Waals surface area contributed by atoms with E-state index in [1.54, 1.807) is 25.1 Å². The van der Waals surface area contributed by atoms with Gasteiger partial charge in [0.15, 0.2) is 0 Å². The van der Waals surface area contributed by atoms with Crippen LogP contribution in [-0.4, -0.2) is 20.9 Å². The van der Waals surface area contributed by atoms with Crippen LogP contribution in [0.1, 0.15) is 29.5 Å². The molecule has 0 bridgehead atoms. The summed E-state index contributed by atoms with van der Waals surface area (Å²) < 4.78 is 28.3. The third-order valence-electron chi connectivity index (χ3n) is 5.06. The standard InChI is InChI=1S/C20H22N2O3S/c1-13-3-4-14(2)19(11-13)26(24,25)21-17-8-7-15-9-10-22(18(15)12-17)20(23)16-5-6-16/h3-4,7-8,11-12,16,21H,5-6,9-10H2,1-2H3. The molecule has 6 heteroatoms. The molecule has 1 aliphatic carbocycles.